The van der Waals surface area contributed by atoms with Crippen LogP contribution in [0.5, 0.6) is 5.75 Å². The lowest BCUT2D eigenvalue weighted by atomic mass is 10.2. The predicted octanol–water partition coefficient (Wildman–Crippen LogP) is 5.25. The van der Waals surface area contributed by atoms with Crippen LogP contribution >= 0.6 is 23.2 Å². The molecule has 1 aromatic heterocycles. The van der Waals surface area contributed by atoms with Crippen molar-refractivity contribution < 1.29 is 18.7 Å². The predicted molar refractivity (Wildman–Crippen MR) is 105 cm³/mol. The van der Waals surface area contributed by atoms with Gasteiger partial charge >= 0.3 is 5.97 Å². The molecule has 0 aliphatic heterocycles. The van der Waals surface area contributed by atoms with Crippen LogP contribution in [0.25, 0.3) is 11.5 Å². The number of halogens is 2. The molecule has 3 aromatic rings. The number of aryl methyl sites for hydroxylation is 1. The monoisotopic (exact) mass is 420 g/mol. The van der Waals surface area contributed by atoms with E-state index in [1.807, 2.05) is 19.1 Å². The Balaban J connectivity index is 1.39. The molecular weight excluding hydrogens is 403 g/mol. The maximum Gasteiger partial charge on any atom is 0.306 e. The third-order valence-electron chi connectivity index (χ3n) is 3.83. The molecule has 0 saturated carbocycles. The summed E-state index contributed by atoms with van der Waals surface area (Å²) in [7, 11) is 0. The lowest BCUT2D eigenvalue weighted by molar-refractivity contribution is -0.145. The van der Waals surface area contributed by atoms with Crippen molar-refractivity contribution in [3.8, 4) is 17.2 Å². The van der Waals surface area contributed by atoms with Gasteiger partial charge < -0.3 is 13.9 Å². The van der Waals surface area contributed by atoms with Crippen LogP contribution in [0.4, 0.5) is 0 Å². The molecule has 1 heterocycles. The Kier molecular flexibility index (Phi) is 6.90. The summed E-state index contributed by atoms with van der Waals surface area (Å²) in [5.74, 6) is 0.960. The van der Waals surface area contributed by atoms with Crippen LogP contribution in [-0.4, -0.2) is 22.8 Å². The molecule has 3 rings (SSSR count). The zero-order chi connectivity index (χ0) is 19.9. The fourth-order valence-electron chi connectivity index (χ4n) is 2.41. The normalized spacial score (nSPS) is 10.7. The van der Waals surface area contributed by atoms with Crippen LogP contribution in [0.15, 0.2) is 46.9 Å². The minimum Gasteiger partial charge on any atom is -0.493 e. The van der Waals surface area contributed by atoms with Gasteiger partial charge in [-0.1, -0.05) is 23.2 Å². The van der Waals surface area contributed by atoms with E-state index in [9.17, 15) is 4.79 Å². The SMILES string of the molecule is Cc1cc(Cl)ccc1OCCCC(=O)OCc1nnc(-c2ccc(Cl)cc2)o1. The molecular formula is C20H18Cl2N2O4. The van der Waals surface area contributed by atoms with Crippen molar-refractivity contribution >= 4 is 29.2 Å². The lowest BCUT2D eigenvalue weighted by Crippen LogP contribution is -2.07. The molecule has 0 aliphatic rings. The Hall–Kier alpha value is -2.57. The number of carbonyl (C=O) groups is 1. The largest absolute Gasteiger partial charge is 0.493 e. The van der Waals surface area contributed by atoms with E-state index < -0.39 is 0 Å². The third-order valence-corrected chi connectivity index (χ3v) is 4.32. The van der Waals surface area contributed by atoms with Gasteiger partial charge in [0.05, 0.1) is 6.61 Å². The second-order valence-electron chi connectivity index (χ2n) is 6.03. The summed E-state index contributed by atoms with van der Waals surface area (Å²) in [6, 6.07) is 12.4. The van der Waals surface area contributed by atoms with E-state index in [1.165, 1.54) is 0 Å². The van der Waals surface area contributed by atoms with Gasteiger partial charge in [-0.05, 0) is 61.4 Å². The summed E-state index contributed by atoms with van der Waals surface area (Å²) in [5, 5.41) is 9.09. The van der Waals surface area contributed by atoms with Gasteiger partial charge in [0.25, 0.3) is 5.89 Å². The van der Waals surface area contributed by atoms with Crippen molar-refractivity contribution in [2.75, 3.05) is 6.61 Å². The van der Waals surface area contributed by atoms with Gasteiger partial charge in [0, 0.05) is 22.0 Å². The Bertz CT molecular complexity index is 942. The number of esters is 1. The molecule has 0 spiro atoms. The van der Waals surface area contributed by atoms with Crippen molar-refractivity contribution in [2.24, 2.45) is 0 Å². The summed E-state index contributed by atoms with van der Waals surface area (Å²) in [4.78, 5) is 11.9. The molecule has 146 valence electrons. The minimum atomic E-state index is -0.359. The van der Waals surface area contributed by atoms with Crippen molar-refractivity contribution in [3.63, 3.8) is 0 Å². The van der Waals surface area contributed by atoms with E-state index in [2.05, 4.69) is 10.2 Å². The number of nitrogens with zero attached hydrogens (tertiary/aromatic N) is 2. The summed E-state index contributed by atoms with van der Waals surface area (Å²) in [6.07, 6.45) is 0.756. The molecule has 0 saturated heterocycles. The number of benzene rings is 2. The fraction of sp³-hybridized carbons (Fsp3) is 0.250. The van der Waals surface area contributed by atoms with E-state index in [0.29, 0.717) is 29.0 Å². The van der Waals surface area contributed by atoms with Crippen molar-refractivity contribution in [1.82, 2.24) is 10.2 Å². The standard InChI is InChI=1S/C20H18Cl2N2O4/c1-13-11-16(22)8-9-17(13)26-10-2-3-19(25)27-12-18-23-24-20(28-18)14-4-6-15(21)7-5-14/h4-9,11H,2-3,10,12H2,1H3. The van der Waals surface area contributed by atoms with E-state index >= 15 is 0 Å². The van der Waals surface area contributed by atoms with Crippen molar-refractivity contribution in [2.45, 2.75) is 26.4 Å². The Morgan fingerprint density at radius 2 is 1.82 bits per heavy atom. The van der Waals surface area contributed by atoms with Gasteiger partial charge in [-0.2, -0.15) is 0 Å². The first-order chi connectivity index (χ1) is 13.5. The van der Waals surface area contributed by atoms with E-state index in [4.69, 9.17) is 37.1 Å². The second kappa shape index (κ2) is 9.57. The lowest BCUT2D eigenvalue weighted by Gasteiger charge is -2.09. The molecule has 0 bridgehead atoms. The highest BCUT2D eigenvalue weighted by Crippen LogP contribution is 2.22. The van der Waals surface area contributed by atoms with E-state index in [-0.39, 0.29) is 24.9 Å². The molecule has 0 aliphatic carbocycles. The molecule has 0 radical (unpaired) electrons. The number of ether oxygens (including phenoxy) is 2. The second-order valence-corrected chi connectivity index (χ2v) is 6.90. The van der Waals surface area contributed by atoms with Crippen LogP contribution in [-0.2, 0) is 16.1 Å². The first-order valence-electron chi connectivity index (χ1n) is 8.64. The van der Waals surface area contributed by atoms with Crippen LogP contribution < -0.4 is 4.74 Å². The topological polar surface area (TPSA) is 74.5 Å². The average molecular weight is 421 g/mol. The average Bonchev–Trinajstić information content (AvgIpc) is 3.14. The number of aromatic nitrogens is 2. The zero-order valence-corrected chi connectivity index (χ0v) is 16.7. The molecule has 0 N–H and O–H groups in total. The van der Waals surface area contributed by atoms with Crippen molar-refractivity contribution in [3.05, 3.63) is 64.0 Å². The molecule has 0 amide bonds. The van der Waals surface area contributed by atoms with Gasteiger partial charge in [0.2, 0.25) is 5.89 Å². The molecule has 8 heteroatoms. The van der Waals surface area contributed by atoms with Crippen LogP contribution in [0.2, 0.25) is 10.0 Å². The zero-order valence-electron chi connectivity index (χ0n) is 15.2. The quantitative estimate of drug-likeness (QED) is 0.365. The van der Waals surface area contributed by atoms with Gasteiger partial charge in [-0.15, -0.1) is 10.2 Å². The maximum absolute atomic E-state index is 11.9. The first-order valence-corrected chi connectivity index (χ1v) is 9.40. The van der Waals surface area contributed by atoms with Crippen LogP contribution in [0.1, 0.15) is 24.3 Å². The summed E-state index contributed by atoms with van der Waals surface area (Å²) in [6.45, 7) is 2.24. The molecule has 2 aromatic carbocycles. The van der Waals surface area contributed by atoms with Gasteiger partial charge in [-0.25, -0.2) is 0 Å². The van der Waals surface area contributed by atoms with Crippen LogP contribution in [0, 0.1) is 6.92 Å². The van der Waals surface area contributed by atoms with E-state index in [1.54, 1.807) is 30.3 Å². The molecule has 0 fully saturated rings. The highest BCUT2D eigenvalue weighted by molar-refractivity contribution is 6.30. The maximum atomic E-state index is 11.9. The highest BCUT2D eigenvalue weighted by Gasteiger charge is 2.11. The minimum absolute atomic E-state index is 0.0728. The smallest absolute Gasteiger partial charge is 0.306 e. The Labute approximate surface area is 172 Å². The summed E-state index contributed by atoms with van der Waals surface area (Å²) < 4.78 is 16.3. The summed E-state index contributed by atoms with van der Waals surface area (Å²) >= 11 is 11.8. The highest BCUT2D eigenvalue weighted by atomic mass is 35.5. The molecule has 28 heavy (non-hydrogen) atoms. The van der Waals surface area contributed by atoms with Gasteiger partial charge in [-0.3, -0.25) is 4.79 Å². The summed E-state index contributed by atoms with van der Waals surface area (Å²) in [5.41, 5.74) is 1.69. The van der Waals surface area contributed by atoms with Crippen LogP contribution in [0.3, 0.4) is 0 Å². The van der Waals surface area contributed by atoms with Crippen molar-refractivity contribution in [1.29, 1.82) is 0 Å². The number of carbonyl (C=O) groups excluding carboxylic acids is 1. The molecule has 6 nitrogen and oxygen atoms in total. The van der Waals surface area contributed by atoms with Gasteiger partial charge in [0.1, 0.15) is 5.75 Å². The van der Waals surface area contributed by atoms with Gasteiger partial charge in [0.15, 0.2) is 6.61 Å². The number of hydrogen-bond acceptors (Lipinski definition) is 6. The van der Waals surface area contributed by atoms with E-state index in [0.717, 1.165) is 16.9 Å². The third kappa shape index (κ3) is 5.71. The fourth-order valence-corrected chi connectivity index (χ4v) is 2.76. The molecule has 0 unspecified atom stereocenters. The Morgan fingerprint density at radius 1 is 1.07 bits per heavy atom. The Morgan fingerprint density at radius 3 is 2.57 bits per heavy atom. The molecule has 0 atom stereocenters. The number of rotatable bonds is 8. The number of hydrogen-bond donors (Lipinski definition) is 0. The first kappa shape index (κ1) is 20.2.